The fourth-order valence-electron chi connectivity index (χ4n) is 5.54. The molecular formula is C41H42N2O7. The van der Waals surface area contributed by atoms with Gasteiger partial charge in [0, 0.05) is 13.0 Å². The first kappa shape index (κ1) is 35.6. The van der Waals surface area contributed by atoms with Crippen LogP contribution in [0.4, 0.5) is 4.79 Å². The Hall–Kier alpha value is -5.67. The molecule has 5 aromatic carbocycles. The number of fused-ring (bicyclic) bond motifs is 1. The summed E-state index contributed by atoms with van der Waals surface area (Å²) in [5.74, 6) is -1.09. The van der Waals surface area contributed by atoms with E-state index >= 15 is 0 Å². The van der Waals surface area contributed by atoms with Crippen LogP contribution in [0.5, 0.6) is 11.5 Å². The van der Waals surface area contributed by atoms with Crippen LogP contribution in [0.3, 0.4) is 0 Å². The normalized spacial score (nSPS) is 12.2. The smallest absolute Gasteiger partial charge is 0.342 e. The number of benzene rings is 5. The Morgan fingerprint density at radius 3 is 2.04 bits per heavy atom. The number of carbonyl (C=O) groups excluding carboxylic acids is 3. The Balaban J connectivity index is 1.31. The molecule has 5 rings (SSSR count). The first-order valence-electron chi connectivity index (χ1n) is 16.6. The van der Waals surface area contributed by atoms with E-state index in [1.54, 1.807) is 24.3 Å². The average Bonchev–Trinajstić information content (AvgIpc) is 3.13. The molecule has 9 nitrogen and oxygen atoms in total. The minimum atomic E-state index is -1.66. The Morgan fingerprint density at radius 2 is 1.34 bits per heavy atom. The van der Waals surface area contributed by atoms with E-state index in [0.29, 0.717) is 5.75 Å². The van der Waals surface area contributed by atoms with E-state index in [0.717, 1.165) is 33.0 Å². The summed E-state index contributed by atoms with van der Waals surface area (Å²) in [6.07, 6.45) is -1.50. The maximum atomic E-state index is 13.7. The fourth-order valence-corrected chi connectivity index (χ4v) is 5.54. The number of nitrogens with one attached hydrogen (secondary N) is 1. The van der Waals surface area contributed by atoms with Crippen molar-refractivity contribution in [2.24, 2.45) is 5.92 Å². The van der Waals surface area contributed by atoms with Crippen molar-refractivity contribution >= 4 is 28.7 Å². The average molecular weight is 675 g/mol. The van der Waals surface area contributed by atoms with Gasteiger partial charge in [0.25, 0.3) is 0 Å². The van der Waals surface area contributed by atoms with Crippen molar-refractivity contribution in [3.8, 4) is 22.6 Å². The van der Waals surface area contributed by atoms with Gasteiger partial charge >= 0.3 is 18.0 Å². The predicted molar refractivity (Wildman–Crippen MR) is 193 cm³/mol. The largest absolute Gasteiger partial charge is 0.493 e. The molecular weight excluding hydrogens is 632 g/mol. The molecule has 0 bridgehead atoms. The number of urea groups is 1. The van der Waals surface area contributed by atoms with Gasteiger partial charge in [-0.1, -0.05) is 117 Å². The highest BCUT2D eigenvalue weighted by Gasteiger charge is 2.29. The summed E-state index contributed by atoms with van der Waals surface area (Å²) in [6, 6.07) is 36.5. The molecule has 2 atom stereocenters. The number of para-hydroxylation sites is 2. The van der Waals surface area contributed by atoms with Crippen molar-refractivity contribution in [1.82, 2.24) is 10.2 Å². The van der Waals surface area contributed by atoms with E-state index in [1.807, 2.05) is 80.6 Å². The highest BCUT2D eigenvalue weighted by atomic mass is 16.6. The van der Waals surface area contributed by atoms with Gasteiger partial charge in [-0.05, 0) is 57.1 Å². The molecule has 2 N–H and O–H groups in total. The highest BCUT2D eigenvalue weighted by molar-refractivity contribution is 5.87. The van der Waals surface area contributed by atoms with Gasteiger partial charge in [-0.3, -0.25) is 0 Å². The summed E-state index contributed by atoms with van der Waals surface area (Å²) in [7, 11) is 1.44. The van der Waals surface area contributed by atoms with E-state index in [9.17, 15) is 19.5 Å². The third-order valence-electron chi connectivity index (χ3n) is 8.10. The number of ether oxygens (including phenoxy) is 3. The third kappa shape index (κ3) is 9.70. The molecule has 9 heteroatoms. The molecule has 0 saturated heterocycles. The minimum absolute atomic E-state index is 0.00989. The van der Waals surface area contributed by atoms with Crippen LogP contribution in [0.25, 0.3) is 21.9 Å². The number of methoxy groups -OCH3 is 1. The number of aliphatic hydroxyl groups excluding tert-OH is 1. The van der Waals surface area contributed by atoms with Crippen molar-refractivity contribution in [3.63, 3.8) is 0 Å². The second kappa shape index (κ2) is 17.1. The number of aliphatic hydroxyl groups is 1. The number of esters is 2. The van der Waals surface area contributed by atoms with E-state index < -0.39 is 30.1 Å². The second-order valence-electron chi connectivity index (χ2n) is 12.4. The van der Waals surface area contributed by atoms with Crippen LogP contribution < -0.4 is 14.8 Å². The highest BCUT2D eigenvalue weighted by Crippen LogP contribution is 2.27. The van der Waals surface area contributed by atoms with Crippen molar-refractivity contribution in [2.75, 3.05) is 20.2 Å². The van der Waals surface area contributed by atoms with Crippen LogP contribution in [0.1, 0.15) is 25.0 Å². The minimum Gasteiger partial charge on any atom is -0.493 e. The van der Waals surface area contributed by atoms with Gasteiger partial charge in [0.05, 0.1) is 13.7 Å². The quantitative estimate of drug-likeness (QED) is 0.0984. The molecule has 0 aliphatic rings. The van der Waals surface area contributed by atoms with Crippen LogP contribution in [0.15, 0.2) is 121 Å². The lowest BCUT2D eigenvalue weighted by Crippen LogP contribution is -2.52. The lowest BCUT2D eigenvalue weighted by Gasteiger charge is -2.28. The van der Waals surface area contributed by atoms with E-state index in [-0.39, 0.29) is 37.8 Å². The van der Waals surface area contributed by atoms with Crippen LogP contribution in [-0.2, 0) is 27.4 Å². The Morgan fingerprint density at radius 1 is 0.700 bits per heavy atom. The molecule has 1 unspecified atom stereocenters. The molecule has 0 radical (unpaired) electrons. The van der Waals surface area contributed by atoms with Crippen molar-refractivity contribution in [3.05, 3.63) is 132 Å². The van der Waals surface area contributed by atoms with Crippen molar-refractivity contribution in [2.45, 2.75) is 39.0 Å². The fraction of sp³-hybridized carbons (Fsp3) is 0.244. The van der Waals surface area contributed by atoms with Gasteiger partial charge in [0.1, 0.15) is 12.6 Å². The van der Waals surface area contributed by atoms with Gasteiger partial charge < -0.3 is 29.5 Å². The zero-order valence-electron chi connectivity index (χ0n) is 28.5. The van der Waals surface area contributed by atoms with Gasteiger partial charge in [0.15, 0.2) is 17.6 Å². The predicted octanol–water partition coefficient (Wildman–Crippen LogP) is 6.80. The molecule has 0 saturated carbocycles. The summed E-state index contributed by atoms with van der Waals surface area (Å²) in [5, 5.41) is 15.9. The summed E-state index contributed by atoms with van der Waals surface area (Å²) in [6.45, 7) is 3.70. The molecule has 0 spiro atoms. The maximum Gasteiger partial charge on any atom is 0.342 e. The number of hydrogen-bond acceptors (Lipinski definition) is 7. The van der Waals surface area contributed by atoms with E-state index in [1.165, 1.54) is 12.0 Å². The van der Waals surface area contributed by atoms with Gasteiger partial charge in [-0.2, -0.15) is 0 Å². The monoisotopic (exact) mass is 674 g/mol. The molecule has 0 heterocycles. The molecule has 5 aromatic rings. The van der Waals surface area contributed by atoms with Gasteiger partial charge in [-0.15, -0.1) is 0 Å². The van der Waals surface area contributed by atoms with Gasteiger partial charge in [0.2, 0.25) is 0 Å². The van der Waals surface area contributed by atoms with Crippen molar-refractivity contribution < 1.29 is 33.7 Å². The van der Waals surface area contributed by atoms with Crippen LogP contribution in [0, 0.1) is 5.92 Å². The summed E-state index contributed by atoms with van der Waals surface area (Å²) in [4.78, 5) is 41.4. The molecule has 0 aliphatic heterocycles. The zero-order chi connectivity index (χ0) is 35.5. The standard InChI is InChI=1S/C41H42N2O7/c1-28(2)25-43(26-36(44)40(46)50-38-16-10-9-15-37(38)48-3)41(47)42-35(39(45)49-27-30-11-5-4-6-12-30)23-29-17-19-32(20-18-29)34-22-21-31-13-7-8-14-33(31)24-34/h4-22,24,28,35-36,44H,23,25-27H2,1-3H3,(H,42,47)/t35-,36?/m0/s1. The number of amides is 2. The number of carbonyl (C=O) groups is 3. The van der Waals surface area contributed by atoms with Crippen LogP contribution >= 0.6 is 0 Å². The Bertz CT molecular complexity index is 1890. The topological polar surface area (TPSA) is 114 Å². The molecule has 2 amide bonds. The zero-order valence-corrected chi connectivity index (χ0v) is 28.5. The van der Waals surface area contributed by atoms with Crippen LogP contribution in [0.2, 0.25) is 0 Å². The Labute approximate surface area is 292 Å². The van der Waals surface area contributed by atoms with Gasteiger partial charge in [-0.25, -0.2) is 14.4 Å². The second-order valence-corrected chi connectivity index (χ2v) is 12.4. The number of rotatable bonds is 14. The molecule has 0 fully saturated rings. The summed E-state index contributed by atoms with van der Waals surface area (Å²) >= 11 is 0. The SMILES string of the molecule is COc1ccccc1OC(=O)C(O)CN(CC(C)C)C(=O)N[C@@H](Cc1ccc(-c2ccc3ccccc3c2)cc1)C(=O)OCc1ccccc1. The molecule has 0 aliphatic carbocycles. The van der Waals surface area contributed by atoms with Crippen molar-refractivity contribution in [1.29, 1.82) is 0 Å². The van der Waals surface area contributed by atoms with Crippen LogP contribution in [-0.4, -0.2) is 60.3 Å². The number of hydrogen-bond donors (Lipinski definition) is 2. The van der Waals surface area contributed by atoms with E-state index in [4.69, 9.17) is 14.2 Å². The summed E-state index contributed by atoms with van der Waals surface area (Å²) < 4.78 is 16.3. The molecule has 258 valence electrons. The number of nitrogens with zero attached hydrogens (tertiary/aromatic N) is 1. The molecule has 0 aromatic heterocycles. The first-order valence-corrected chi connectivity index (χ1v) is 16.6. The first-order chi connectivity index (χ1) is 24.2. The molecule has 50 heavy (non-hydrogen) atoms. The Kier molecular flexibility index (Phi) is 12.2. The lowest BCUT2D eigenvalue weighted by atomic mass is 9.98. The van der Waals surface area contributed by atoms with E-state index in [2.05, 4.69) is 35.6 Å². The lowest BCUT2D eigenvalue weighted by molar-refractivity contribution is -0.147. The third-order valence-corrected chi connectivity index (χ3v) is 8.10. The summed E-state index contributed by atoms with van der Waals surface area (Å²) in [5.41, 5.74) is 3.70. The maximum absolute atomic E-state index is 13.7.